The Morgan fingerprint density at radius 2 is 1.64 bits per heavy atom. The van der Waals surface area contributed by atoms with Crippen molar-refractivity contribution in [2.75, 3.05) is 6.61 Å². The minimum Gasteiger partial charge on any atom is -0.491 e. The minimum atomic E-state index is 0.0204. The maximum absolute atomic E-state index is 13.1. The molecule has 0 spiro atoms. The average Bonchev–Trinajstić information content (AvgIpc) is 2.66. The number of hydrogen-bond donors (Lipinski definition) is 1. The summed E-state index contributed by atoms with van der Waals surface area (Å²) in [4.78, 5) is 16.4. The molecular formula is C22H19NO2. The third-order valence-corrected chi connectivity index (χ3v) is 4.42. The van der Waals surface area contributed by atoms with Crippen molar-refractivity contribution in [2.45, 2.75) is 13.3 Å². The van der Waals surface area contributed by atoms with Crippen LogP contribution in [-0.4, -0.2) is 11.6 Å². The molecule has 0 amide bonds. The monoisotopic (exact) mass is 329 g/mol. The second-order valence-corrected chi connectivity index (χ2v) is 6.09. The van der Waals surface area contributed by atoms with E-state index >= 15 is 0 Å². The third kappa shape index (κ3) is 2.68. The molecule has 1 heterocycles. The van der Waals surface area contributed by atoms with E-state index in [1.807, 2.05) is 42.5 Å². The molecule has 0 bridgehead atoms. The molecule has 0 unspecified atom stereocenters. The van der Waals surface area contributed by atoms with Crippen LogP contribution in [0, 0.1) is 0 Å². The van der Waals surface area contributed by atoms with Crippen LogP contribution in [0.3, 0.4) is 0 Å². The number of nitrogens with one attached hydrogen (secondary N) is 1. The number of fused-ring (bicyclic) bond motifs is 2. The number of pyridine rings is 1. The van der Waals surface area contributed by atoms with E-state index in [1.165, 1.54) is 0 Å². The lowest BCUT2D eigenvalue weighted by atomic mass is 9.98. The molecule has 0 saturated carbocycles. The Bertz CT molecular complexity index is 1110. The Balaban J connectivity index is 1.95. The molecule has 3 heteroatoms. The van der Waals surface area contributed by atoms with Crippen LogP contribution >= 0.6 is 0 Å². The van der Waals surface area contributed by atoms with E-state index in [0.717, 1.165) is 34.0 Å². The Labute approximate surface area is 145 Å². The van der Waals surface area contributed by atoms with Gasteiger partial charge in [0.1, 0.15) is 5.75 Å². The lowest BCUT2D eigenvalue weighted by molar-refractivity contribution is 0.320. The van der Waals surface area contributed by atoms with Crippen molar-refractivity contribution in [3.63, 3.8) is 0 Å². The summed E-state index contributed by atoms with van der Waals surface area (Å²) in [6.07, 6.45) is 2.72. The number of benzene rings is 3. The molecule has 0 aliphatic carbocycles. The van der Waals surface area contributed by atoms with Crippen LogP contribution in [0.4, 0.5) is 0 Å². The summed E-state index contributed by atoms with van der Waals surface area (Å²) in [5, 5.41) is 2.85. The van der Waals surface area contributed by atoms with Crippen LogP contribution in [0.5, 0.6) is 5.75 Å². The molecule has 0 aliphatic rings. The van der Waals surface area contributed by atoms with Gasteiger partial charge in [-0.2, -0.15) is 0 Å². The lowest BCUT2D eigenvalue weighted by Crippen LogP contribution is -2.08. The number of para-hydroxylation sites is 1. The summed E-state index contributed by atoms with van der Waals surface area (Å²) in [7, 11) is 0. The van der Waals surface area contributed by atoms with Gasteiger partial charge in [0.15, 0.2) is 5.43 Å². The molecular weight excluding hydrogens is 310 g/mol. The lowest BCUT2D eigenvalue weighted by Gasteiger charge is -2.10. The van der Waals surface area contributed by atoms with Gasteiger partial charge in [0.05, 0.1) is 12.1 Å². The smallest absolute Gasteiger partial charge is 0.197 e. The highest BCUT2D eigenvalue weighted by Gasteiger charge is 2.12. The van der Waals surface area contributed by atoms with Crippen molar-refractivity contribution < 1.29 is 4.74 Å². The van der Waals surface area contributed by atoms with E-state index in [4.69, 9.17) is 4.74 Å². The van der Waals surface area contributed by atoms with Gasteiger partial charge in [-0.1, -0.05) is 55.5 Å². The van der Waals surface area contributed by atoms with Gasteiger partial charge in [0, 0.05) is 17.1 Å². The molecule has 4 aromatic rings. The van der Waals surface area contributed by atoms with Crippen LogP contribution in [0.15, 0.2) is 71.7 Å². The largest absolute Gasteiger partial charge is 0.491 e. The minimum absolute atomic E-state index is 0.0204. The van der Waals surface area contributed by atoms with Gasteiger partial charge in [-0.3, -0.25) is 4.79 Å². The van der Waals surface area contributed by atoms with Crippen LogP contribution < -0.4 is 10.2 Å². The van der Waals surface area contributed by atoms with Crippen molar-refractivity contribution in [1.82, 2.24) is 4.98 Å². The second-order valence-electron chi connectivity index (χ2n) is 6.09. The zero-order valence-corrected chi connectivity index (χ0v) is 14.1. The van der Waals surface area contributed by atoms with E-state index in [-0.39, 0.29) is 5.43 Å². The molecule has 0 atom stereocenters. The molecule has 0 aliphatic heterocycles. The van der Waals surface area contributed by atoms with E-state index in [9.17, 15) is 4.79 Å². The fourth-order valence-corrected chi connectivity index (χ4v) is 3.22. The summed E-state index contributed by atoms with van der Waals surface area (Å²) in [5.41, 5.74) is 2.40. The summed E-state index contributed by atoms with van der Waals surface area (Å²) >= 11 is 0. The first-order valence-electron chi connectivity index (χ1n) is 8.55. The summed E-state index contributed by atoms with van der Waals surface area (Å²) in [6, 6.07) is 19.8. The maximum atomic E-state index is 13.1. The summed E-state index contributed by atoms with van der Waals surface area (Å²) < 4.78 is 5.77. The predicted octanol–water partition coefficient (Wildman–Crippen LogP) is 5.14. The number of aromatic amines is 1. The fourth-order valence-electron chi connectivity index (χ4n) is 3.22. The van der Waals surface area contributed by atoms with E-state index in [1.54, 1.807) is 6.20 Å². The van der Waals surface area contributed by atoms with Gasteiger partial charge in [0.2, 0.25) is 0 Å². The molecule has 4 rings (SSSR count). The topological polar surface area (TPSA) is 42.1 Å². The van der Waals surface area contributed by atoms with Crippen LogP contribution in [-0.2, 0) is 0 Å². The first kappa shape index (κ1) is 15.5. The number of ether oxygens (including phenoxy) is 1. The van der Waals surface area contributed by atoms with Crippen molar-refractivity contribution in [3.05, 3.63) is 77.1 Å². The summed E-state index contributed by atoms with van der Waals surface area (Å²) in [5.74, 6) is 0.723. The maximum Gasteiger partial charge on any atom is 0.197 e. The number of H-pyrrole nitrogens is 1. The van der Waals surface area contributed by atoms with Crippen molar-refractivity contribution in [2.24, 2.45) is 0 Å². The molecule has 1 aromatic heterocycles. The van der Waals surface area contributed by atoms with E-state index < -0.39 is 0 Å². The van der Waals surface area contributed by atoms with Crippen molar-refractivity contribution in [1.29, 1.82) is 0 Å². The van der Waals surface area contributed by atoms with Crippen molar-refractivity contribution >= 4 is 21.7 Å². The SMILES string of the molecule is CCCOc1cccc2c(=O)c(-c3cccc4ccccc34)c[nH]c12. The standard InChI is InChI=1S/C22H19NO2/c1-2-13-25-20-12-6-11-18-21(20)23-14-19(22(18)24)17-10-5-8-15-7-3-4-9-16(15)17/h3-12,14H,2,13H2,1H3,(H,23,24). The van der Waals surface area contributed by atoms with E-state index in [0.29, 0.717) is 17.6 Å². The Morgan fingerprint density at radius 1 is 0.880 bits per heavy atom. The average molecular weight is 329 g/mol. The molecule has 1 N–H and O–H groups in total. The molecule has 0 fully saturated rings. The van der Waals surface area contributed by atoms with Crippen LogP contribution in [0.25, 0.3) is 32.8 Å². The number of rotatable bonds is 4. The van der Waals surface area contributed by atoms with Crippen LogP contribution in [0.1, 0.15) is 13.3 Å². The number of aromatic nitrogens is 1. The van der Waals surface area contributed by atoms with Crippen molar-refractivity contribution in [3.8, 4) is 16.9 Å². The molecule has 3 aromatic carbocycles. The third-order valence-electron chi connectivity index (χ3n) is 4.42. The molecule has 124 valence electrons. The molecule has 0 radical (unpaired) electrons. The zero-order valence-electron chi connectivity index (χ0n) is 14.1. The molecule has 25 heavy (non-hydrogen) atoms. The van der Waals surface area contributed by atoms with Gasteiger partial charge in [-0.05, 0) is 34.9 Å². The van der Waals surface area contributed by atoms with E-state index in [2.05, 4.69) is 30.1 Å². The first-order chi connectivity index (χ1) is 12.3. The highest BCUT2D eigenvalue weighted by atomic mass is 16.5. The van der Waals surface area contributed by atoms with Crippen LogP contribution in [0.2, 0.25) is 0 Å². The second kappa shape index (κ2) is 6.44. The van der Waals surface area contributed by atoms with Gasteiger partial charge in [-0.25, -0.2) is 0 Å². The Kier molecular flexibility index (Phi) is 3.98. The Hall–Kier alpha value is -3.07. The van der Waals surface area contributed by atoms with Gasteiger partial charge in [-0.15, -0.1) is 0 Å². The molecule has 0 saturated heterocycles. The van der Waals surface area contributed by atoms with Gasteiger partial charge in [0.25, 0.3) is 0 Å². The Morgan fingerprint density at radius 3 is 2.52 bits per heavy atom. The normalized spacial score (nSPS) is 11.1. The van der Waals surface area contributed by atoms with Gasteiger partial charge < -0.3 is 9.72 Å². The quantitative estimate of drug-likeness (QED) is 0.563. The predicted molar refractivity (Wildman–Crippen MR) is 103 cm³/mol. The highest BCUT2D eigenvalue weighted by molar-refractivity contribution is 5.98. The fraction of sp³-hybridized carbons (Fsp3) is 0.136. The molecule has 3 nitrogen and oxygen atoms in total. The number of hydrogen-bond acceptors (Lipinski definition) is 2. The van der Waals surface area contributed by atoms with Gasteiger partial charge >= 0.3 is 0 Å². The zero-order chi connectivity index (χ0) is 17.2. The highest BCUT2D eigenvalue weighted by Crippen LogP contribution is 2.29. The first-order valence-corrected chi connectivity index (χ1v) is 8.55. The summed E-state index contributed by atoms with van der Waals surface area (Å²) in [6.45, 7) is 2.69.